The lowest BCUT2D eigenvalue weighted by molar-refractivity contribution is 1.14. The Labute approximate surface area is 128 Å². The number of thiophene rings is 1. The van der Waals surface area contributed by atoms with E-state index in [0.29, 0.717) is 0 Å². The molecule has 3 rings (SSSR count). The lowest BCUT2D eigenvalue weighted by Crippen LogP contribution is -1.90. The molecular formula is C18H15ClS. The maximum atomic E-state index is 6.67. The number of aryl methyl sites for hydroxylation is 1. The summed E-state index contributed by atoms with van der Waals surface area (Å²) in [6.07, 6.45) is 0.948. The first-order valence-corrected chi connectivity index (χ1v) is 7.97. The van der Waals surface area contributed by atoms with Crippen LogP contribution in [0.25, 0.3) is 21.6 Å². The van der Waals surface area contributed by atoms with Gasteiger partial charge >= 0.3 is 0 Å². The molecule has 0 saturated carbocycles. The molecule has 1 aromatic heterocycles. The first-order chi connectivity index (χ1) is 9.81. The summed E-state index contributed by atoms with van der Waals surface area (Å²) in [5, 5.41) is 2.98. The van der Waals surface area contributed by atoms with E-state index in [1.807, 2.05) is 6.07 Å². The summed E-state index contributed by atoms with van der Waals surface area (Å²) in [4.78, 5) is 1.26. The molecule has 0 N–H and O–H groups in total. The van der Waals surface area contributed by atoms with Crippen molar-refractivity contribution in [2.75, 3.05) is 0 Å². The molecule has 0 amide bonds. The predicted octanol–water partition coefficient (Wildman–Crippen LogP) is 6.30. The molecule has 1 heterocycles. The number of halogens is 1. The summed E-state index contributed by atoms with van der Waals surface area (Å²) < 4.78 is 0. The van der Waals surface area contributed by atoms with Gasteiger partial charge in [0.15, 0.2) is 0 Å². The van der Waals surface area contributed by atoms with Crippen LogP contribution in [0.2, 0.25) is 5.02 Å². The highest BCUT2D eigenvalue weighted by molar-refractivity contribution is 7.13. The number of hydrogen-bond acceptors (Lipinski definition) is 1. The monoisotopic (exact) mass is 298 g/mol. The first kappa shape index (κ1) is 13.4. The van der Waals surface area contributed by atoms with E-state index >= 15 is 0 Å². The lowest BCUT2D eigenvalue weighted by Gasteiger charge is -2.14. The van der Waals surface area contributed by atoms with Gasteiger partial charge in [0.2, 0.25) is 0 Å². The molecule has 0 spiro atoms. The van der Waals surface area contributed by atoms with Gasteiger partial charge in [-0.05, 0) is 29.0 Å². The standard InChI is InChI=1S/C18H15ClS/c1-2-13-10-11-15(16-9-6-12-20-16)17(18(13)19)14-7-4-3-5-8-14/h3-12H,2H2,1H3. The predicted molar refractivity (Wildman–Crippen MR) is 89.6 cm³/mol. The Morgan fingerprint density at radius 2 is 1.75 bits per heavy atom. The van der Waals surface area contributed by atoms with Crippen LogP contribution in [0.5, 0.6) is 0 Å². The fourth-order valence-electron chi connectivity index (χ4n) is 2.42. The minimum absolute atomic E-state index is 0.879. The molecule has 20 heavy (non-hydrogen) atoms. The molecule has 3 aromatic rings. The number of hydrogen-bond donors (Lipinski definition) is 0. The van der Waals surface area contributed by atoms with Gasteiger partial charge in [-0.25, -0.2) is 0 Å². The van der Waals surface area contributed by atoms with Gasteiger partial charge in [0.1, 0.15) is 0 Å². The molecular weight excluding hydrogens is 284 g/mol. The van der Waals surface area contributed by atoms with Crippen molar-refractivity contribution in [2.45, 2.75) is 13.3 Å². The van der Waals surface area contributed by atoms with Gasteiger partial charge in [-0.2, -0.15) is 0 Å². The summed E-state index contributed by atoms with van der Waals surface area (Å²) in [6, 6.07) is 19.0. The molecule has 0 aliphatic carbocycles. The highest BCUT2D eigenvalue weighted by Crippen LogP contribution is 2.41. The van der Waals surface area contributed by atoms with Crippen molar-refractivity contribution in [1.29, 1.82) is 0 Å². The summed E-state index contributed by atoms with van der Waals surface area (Å²) >= 11 is 8.42. The van der Waals surface area contributed by atoms with Gasteiger partial charge < -0.3 is 0 Å². The molecule has 100 valence electrons. The minimum atomic E-state index is 0.879. The molecule has 0 saturated heterocycles. The summed E-state index contributed by atoms with van der Waals surface area (Å²) in [5.41, 5.74) is 4.74. The Hall–Kier alpha value is -1.57. The number of rotatable bonds is 3. The van der Waals surface area contributed by atoms with Crippen molar-refractivity contribution < 1.29 is 0 Å². The highest BCUT2D eigenvalue weighted by atomic mass is 35.5. The molecule has 2 heteroatoms. The molecule has 2 aromatic carbocycles. The quantitative estimate of drug-likeness (QED) is 0.532. The Morgan fingerprint density at radius 1 is 0.950 bits per heavy atom. The van der Waals surface area contributed by atoms with Gasteiger partial charge in [0.25, 0.3) is 0 Å². The fourth-order valence-corrected chi connectivity index (χ4v) is 3.58. The van der Waals surface area contributed by atoms with Crippen molar-refractivity contribution in [2.24, 2.45) is 0 Å². The topological polar surface area (TPSA) is 0 Å². The largest absolute Gasteiger partial charge is 0.144 e. The average Bonchev–Trinajstić information content (AvgIpc) is 3.02. The molecule has 0 atom stereocenters. The van der Waals surface area contributed by atoms with E-state index < -0.39 is 0 Å². The van der Waals surface area contributed by atoms with Crippen molar-refractivity contribution in [1.82, 2.24) is 0 Å². The van der Waals surface area contributed by atoms with Crippen molar-refractivity contribution >= 4 is 22.9 Å². The van der Waals surface area contributed by atoms with Crippen LogP contribution in [-0.2, 0) is 6.42 Å². The number of benzene rings is 2. The SMILES string of the molecule is CCc1ccc(-c2cccs2)c(-c2ccccc2)c1Cl. The molecule has 0 bridgehead atoms. The normalized spacial score (nSPS) is 10.7. The van der Waals surface area contributed by atoms with Gasteiger partial charge in [-0.15, -0.1) is 11.3 Å². The van der Waals surface area contributed by atoms with Crippen molar-refractivity contribution in [3.63, 3.8) is 0 Å². The Balaban J connectivity index is 2.29. The molecule has 0 unspecified atom stereocenters. The lowest BCUT2D eigenvalue weighted by atomic mass is 9.95. The molecule has 0 aliphatic rings. The first-order valence-electron chi connectivity index (χ1n) is 6.72. The van der Waals surface area contributed by atoms with Crippen LogP contribution in [0, 0.1) is 0 Å². The molecule has 0 aliphatic heterocycles. The smallest absolute Gasteiger partial charge is 0.0522 e. The second-order valence-electron chi connectivity index (χ2n) is 4.66. The molecule has 0 radical (unpaired) electrons. The molecule has 0 fully saturated rings. The molecule has 0 nitrogen and oxygen atoms in total. The van der Waals surface area contributed by atoms with E-state index in [-0.39, 0.29) is 0 Å². The Morgan fingerprint density at radius 3 is 2.40 bits per heavy atom. The van der Waals surface area contributed by atoms with Crippen LogP contribution in [0.3, 0.4) is 0 Å². The van der Waals surface area contributed by atoms with Gasteiger partial charge in [0, 0.05) is 16.0 Å². The van der Waals surface area contributed by atoms with E-state index in [4.69, 9.17) is 11.6 Å². The highest BCUT2D eigenvalue weighted by Gasteiger charge is 2.14. The van der Waals surface area contributed by atoms with E-state index in [0.717, 1.165) is 17.0 Å². The maximum Gasteiger partial charge on any atom is 0.0522 e. The van der Waals surface area contributed by atoms with Gasteiger partial charge in [0.05, 0.1) is 5.02 Å². The zero-order valence-corrected chi connectivity index (χ0v) is 12.8. The average molecular weight is 299 g/mol. The Bertz CT molecular complexity index is 700. The van der Waals surface area contributed by atoms with Crippen LogP contribution in [0.1, 0.15) is 12.5 Å². The third-order valence-electron chi connectivity index (χ3n) is 3.45. The zero-order valence-electron chi connectivity index (χ0n) is 11.3. The van der Waals surface area contributed by atoms with E-state index in [9.17, 15) is 0 Å². The third-order valence-corrected chi connectivity index (χ3v) is 4.79. The van der Waals surface area contributed by atoms with Gasteiger partial charge in [-0.3, -0.25) is 0 Å². The summed E-state index contributed by atoms with van der Waals surface area (Å²) in [6.45, 7) is 2.14. The second-order valence-corrected chi connectivity index (χ2v) is 5.98. The second kappa shape index (κ2) is 5.82. The maximum absolute atomic E-state index is 6.67. The summed E-state index contributed by atoms with van der Waals surface area (Å²) in [5.74, 6) is 0. The zero-order chi connectivity index (χ0) is 13.9. The van der Waals surface area contributed by atoms with Crippen LogP contribution >= 0.6 is 22.9 Å². The van der Waals surface area contributed by atoms with E-state index in [2.05, 4.69) is 60.8 Å². The summed E-state index contributed by atoms with van der Waals surface area (Å²) in [7, 11) is 0. The van der Waals surface area contributed by atoms with E-state index in [1.54, 1.807) is 11.3 Å². The van der Waals surface area contributed by atoms with Crippen molar-refractivity contribution in [3.8, 4) is 21.6 Å². The Kier molecular flexibility index (Phi) is 3.90. The third kappa shape index (κ3) is 2.39. The van der Waals surface area contributed by atoms with Crippen LogP contribution in [-0.4, -0.2) is 0 Å². The van der Waals surface area contributed by atoms with Crippen LogP contribution in [0.4, 0.5) is 0 Å². The van der Waals surface area contributed by atoms with Crippen LogP contribution < -0.4 is 0 Å². The van der Waals surface area contributed by atoms with Crippen LogP contribution in [0.15, 0.2) is 60.0 Å². The minimum Gasteiger partial charge on any atom is -0.144 e. The van der Waals surface area contributed by atoms with Gasteiger partial charge in [-0.1, -0.05) is 67.1 Å². The fraction of sp³-hybridized carbons (Fsp3) is 0.111. The van der Waals surface area contributed by atoms with Crippen molar-refractivity contribution in [3.05, 3.63) is 70.6 Å². The van der Waals surface area contributed by atoms with E-state index in [1.165, 1.54) is 21.6 Å².